The van der Waals surface area contributed by atoms with Gasteiger partial charge in [0.05, 0.1) is 19.2 Å². The van der Waals surface area contributed by atoms with Gasteiger partial charge in [-0.05, 0) is 36.5 Å². The molecular weight excluding hydrogens is 370 g/mol. The minimum Gasteiger partial charge on any atom is -0.504 e. The van der Waals surface area contributed by atoms with Crippen molar-refractivity contribution in [2.24, 2.45) is 23.2 Å². The number of benzene rings is 1. The lowest BCUT2D eigenvalue weighted by molar-refractivity contribution is -0.659. The standard InChI is InChI=1S/C23H31NO5/c1-13-4-3-5-15-11-19-20(21(27)23(13,15)2)16(22(28)29-19)12-24-9-8-14-6-7-17(25)18(26)10-14/h5-7,10,13,16,19-21,24-27H,3-4,8-9,11-12H2,1-2H3/p+1/t13-,16+,19-,20-,21+,23-/m1/s1. The minimum atomic E-state index is -0.568. The van der Waals surface area contributed by atoms with Crippen LogP contribution in [0.15, 0.2) is 29.8 Å². The Morgan fingerprint density at radius 3 is 2.83 bits per heavy atom. The molecule has 1 saturated heterocycles. The molecule has 1 aliphatic heterocycles. The van der Waals surface area contributed by atoms with Gasteiger partial charge in [-0.2, -0.15) is 0 Å². The van der Waals surface area contributed by atoms with Gasteiger partial charge in [0.25, 0.3) is 0 Å². The Hall–Kier alpha value is -2.05. The van der Waals surface area contributed by atoms with Crippen molar-refractivity contribution >= 4 is 5.97 Å². The van der Waals surface area contributed by atoms with Crippen LogP contribution in [0.4, 0.5) is 0 Å². The maximum Gasteiger partial charge on any atom is 0.315 e. The normalized spacial score (nSPS) is 36.2. The summed E-state index contributed by atoms with van der Waals surface area (Å²) in [4.78, 5) is 12.6. The van der Waals surface area contributed by atoms with Gasteiger partial charge in [-0.3, -0.25) is 4.79 Å². The van der Waals surface area contributed by atoms with E-state index in [9.17, 15) is 20.1 Å². The average Bonchev–Trinajstić information content (AvgIpc) is 2.99. The number of ether oxygens (including phenoxy) is 1. The second-order valence-electron chi connectivity index (χ2n) is 9.18. The van der Waals surface area contributed by atoms with Gasteiger partial charge in [0, 0.05) is 24.2 Å². The second kappa shape index (κ2) is 7.65. The summed E-state index contributed by atoms with van der Waals surface area (Å²) < 4.78 is 5.70. The Labute approximate surface area is 171 Å². The van der Waals surface area contributed by atoms with Crippen molar-refractivity contribution in [3.63, 3.8) is 0 Å². The Balaban J connectivity index is 1.40. The number of quaternary nitrogens is 1. The molecular formula is C23H32NO5+. The topological polar surface area (TPSA) is 104 Å². The summed E-state index contributed by atoms with van der Waals surface area (Å²) >= 11 is 0. The van der Waals surface area contributed by atoms with Crippen LogP contribution in [0, 0.1) is 23.2 Å². The molecule has 0 bridgehead atoms. The summed E-state index contributed by atoms with van der Waals surface area (Å²) in [6.07, 6.45) is 5.04. The minimum absolute atomic E-state index is 0.117. The number of hydrogen-bond acceptors (Lipinski definition) is 5. The molecule has 3 aliphatic rings. The third kappa shape index (κ3) is 3.42. The molecule has 0 aromatic heterocycles. The predicted molar refractivity (Wildman–Crippen MR) is 107 cm³/mol. The zero-order chi connectivity index (χ0) is 20.8. The van der Waals surface area contributed by atoms with Crippen molar-refractivity contribution < 1.29 is 30.2 Å². The van der Waals surface area contributed by atoms with E-state index in [4.69, 9.17) is 4.74 Å². The monoisotopic (exact) mass is 402 g/mol. The SMILES string of the molecule is C[C@@H]1CCC=C2C[C@H]3OC(=O)[C@@H](C[NH2+]CCc4ccc(O)c(O)c4)[C@H]3[C@H](O)[C@@]21C. The highest BCUT2D eigenvalue weighted by Gasteiger charge is 2.60. The number of rotatable bonds is 5. The number of phenolic OH excluding ortho intramolecular Hbond substituents is 2. The summed E-state index contributed by atoms with van der Waals surface area (Å²) in [5, 5.41) is 32.4. The number of aromatic hydroxyl groups is 2. The molecule has 6 heteroatoms. The van der Waals surface area contributed by atoms with E-state index in [2.05, 4.69) is 25.2 Å². The largest absolute Gasteiger partial charge is 0.504 e. The first-order valence-corrected chi connectivity index (χ1v) is 10.7. The zero-order valence-electron chi connectivity index (χ0n) is 17.2. The van der Waals surface area contributed by atoms with Crippen LogP contribution < -0.4 is 5.32 Å². The summed E-state index contributed by atoms with van der Waals surface area (Å²) in [6, 6.07) is 4.83. The lowest BCUT2D eigenvalue weighted by Crippen LogP contribution is -2.86. The first-order valence-electron chi connectivity index (χ1n) is 10.7. The van der Waals surface area contributed by atoms with Crippen molar-refractivity contribution in [1.29, 1.82) is 0 Å². The van der Waals surface area contributed by atoms with Crippen LogP contribution in [0.2, 0.25) is 0 Å². The van der Waals surface area contributed by atoms with Crippen molar-refractivity contribution in [2.75, 3.05) is 13.1 Å². The Bertz CT molecular complexity index is 821. The molecule has 0 amide bonds. The van der Waals surface area contributed by atoms with E-state index in [1.807, 2.05) is 0 Å². The molecule has 0 unspecified atom stereocenters. The molecule has 1 aromatic rings. The van der Waals surface area contributed by atoms with E-state index in [1.165, 1.54) is 11.6 Å². The number of aliphatic hydroxyl groups excluding tert-OH is 1. The summed E-state index contributed by atoms with van der Waals surface area (Å²) in [6.45, 7) is 5.71. The quantitative estimate of drug-likeness (QED) is 0.259. The van der Waals surface area contributed by atoms with E-state index < -0.39 is 6.10 Å². The molecule has 5 N–H and O–H groups in total. The Morgan fingerprint density at radius 1 is 1.28 bits per heavy atom. The number of aliphatic hydroxyl groups is 1. The van der Waals surface area contributed by atoms with E-state index in [1.54, 1.807) is 12.1 Å². The molecule has 1 saturated carbocycles. The van der Waals surface area contributed by atoms with Crippen molar-refractivity contribution in [3.8, 4) is 11.5 Å². The number of nitrogens with two attached hydrogens (primary N) is 1. The van der Waals surface area contributed by atoms with Crippen molar-refractivity contribution in [2.45, 2.75) is 51.7 Å². The lowest BCUT2D eigenvalue weighted by atomic mass is 9.55. The van der Waals surface area contributed by atoms with Crippen molar-refractivity contribution in [3.05, 3.63) is 35.4 Å². The molecule has 0 spiro atoms. The molecule has 2 aliphatic carbocycles. The number of carbonyl (C=O) groups excluding carboxylic acids is 1. The van der Waals surface area contributed by atoms with E-state index >= 15 is 0 Å². The first-order chi connectivity index (χ1) is 13.8. The van der Waals surface area contributed by atoms with Crippen LogP contribution in [0.1, 0.15) is 38.7 Å². The van der Waals surface area contributed by atoms with Gasteiger partial charge < -0.3 is 25.4 Å². The third-order valence-corrected chi connectivity index (χ3v) is 7.67. The highest BCUT2D eigenvalue weighted by molar-refractivity contribution is 5.76. The lowest BCUT2D eigenvalue weighted by Gasteiger charge is -2.51. The molecule has 6 atom stereocenters. The molecule has 158 valence electrons. The van der Waals surface area contributed by atoms with Crippen LogP contribution in [0.25, 0.3) is 0 Å². The van der Waals surface area contributed by atoms with E-state index in [-0.39, 0.29) is 40.8 Å². The van der Waals surface area contributed by atoms with Gasteiger partial charge in [-0.1, -0.05) is 31.6 Å². The fourth-order valence-corrected chi connectivity index (χ4v) is 5.62. The maximum atomic E-state index is 12.6. The fraction of sp³-hybridized carbons (Fsp3) is 0.609. The molecule has 1 heterocycles. The van der Waals surface area contributed by atoms with Gasteiger partial charge in [0.2, 0.25) is 0 Å². The van der Waals surface area contributed by atoms with Gasteiger partial charge in [-0.25, -0.2) is 0 Å². The molecule has 2 fully saturated rings. The molecule has 29 heavy (non-hydrogen) atoms. The van der Waals surface area contributed by atoms with Gasteiger partial charge in [0.15, 0.2) is 11.5 Å². The number of esters is 1. The molecule has 1 aromatic carbocycles. The third-order valence-electron chi connectivity index (χ3n) is 7.67. The smallest absolute Gasteiger partial charge is 0.315 e. The van der Waals surface area contributed by atoms with Crippen LogP contribution >= 0.6 is 0 Å². The van der Waals surface area contributed by atoms with Crippen LogP contribution in [0.5, 0.6) is 11.5 Å². The molecule has 4 rings (SSSR count). The first kappa shape index (κ1) is 20.2. The number of phenols is 2. The second-order valence-corrected chi connectivity index (χ2v) is 9.18. The Kier molecular flexibility index (Phi) is 5.34. The van der Waals surface area contributed by atoms with Gasteiger partial charge in [0.1, 0.15) is 12.0 Å². The number of hydrogen-bond donors (Lipinski definition) is 4. The van der Waals surface area contributed by atoms with Crippen LogP contribution in [-0.2, 0) is 16.0 Å². The Morgan fingerprint density at radius 2 is 2.07 bits per heavy atom. The maximum absolute atomic E-state index is 12.6. The summed E-state index contributed by atoms with van der Waals surface area (Å²) in [7, 11) is 0. The van der Waals surface area contributed by atoms with Crippen molar-refractivity contribution in [1.82, 2.24) is 0 Å². The van der Waals surface area contributed by atoms with Crippen LogP contribution in [0.3, 0.4) is 0 Å². The molecule has 6 nitrogen and oxygen atoms in total. The summed E-state index contributed by atoms with van der Waals surface area (Å²) in [5.74, 6) is -0.486. The molecule has 0 radical (unpaired) electrons. The highest BCUT2D eigenvalue weighted by Crippen LogP contribution is 2.55. The number of fused-ring (bicyclic) bond motifs is 2. The van der Waals surface area contributed by atoms with Gasteiger partial charge in [-0.15, -0.1) is 0 Å². The number of carbonyl (C=O) groups is 1. The summed E-state index contributed by atoms with van der Waals surface area (Å²) in [5.41, 5.74) is 1.92. The van der Waals surface area contributed by atoms with E-state index in [0.29, 0.717) is 18.9 Å². The van der Waals surface area contributed by atoms with E-state index in [0.717, 1.165) is 31.4 Å². The highest BCUT2D eigenvalue weighted by atomic mass is 16.6. The zero-order valence-corrected chi connectivity index (χ0v) is 17.2. The van der Waals surface area contributed by atoms with Crippen LogP contribution in [-0.4, -0.2) is 46.6 Å². The fourth-order valence-electron chi connectivity index (χ4n) is 5.62. The average molecular weight is 403 g/mol. The number of allylic oxidation sites excluding steroid dienone is 1. The predicted octanol–water partition coefficient (Wildman–Crippen LogP) is 1.49. The van der Waals surface area contributed by atoms with Gasteiger partial charge >= 0.3 is 5.97 Å².